The van der Waals surface area contributed by atoms with Crippen molar-refractivity contribution in [3.8, 4) is 0 Å². The van der Waals surface area contributed by atoms with Crippen molar-refractivity contribution in [3.05, 3.63) is 12.2 Å². The Balaban J connectivity index is 2.77. The Morgan fingerprint density at radius 3 is 2.67 bits per heavy atom. The predicted molar refractivity (Wildman–Crippen MR) is 54.3 cm³/mol. The van der Waals surface area contributed by atoms with Crippen molar-refractivity contribution in [2.75, 3.05) is 6.61 Å². The van der Waals surface area contributed by atoms with E-state index in [0.29, 0.717) is 19.3 Å². The Bertz CT molecular complexity index is 282. The molecule has 84 valence electrons. The van der Waals surface area contributed by atoms with E-state index in [-0.39, 0.29) is 13.0 Å². The number of esters is 1. The van der Waals surface area contributed by atoms with Crippen LogP contribution in [0.3, 0.4) is 0 Å². The normalized spacial score (nSPS) is 24.9. The summed E-state index contributed by atoms with van der Waals surface area (Å²) < 4.78 is 4.94. The Kier molecular flexibility index (Phi) is 3.88. The monoisotopic (exact) mass is 212 g/mol. The van der Waals surface area contributed by atoms with Crippen molar-refractivity contribution in [2.24, 2.45) is 5.41 Å². The predicted octanol–water partition coefficient (Wildman–Crippen LogP) is 1.75. The number of allylic oxidation sites excluding steroid dienone is 2. The zero-order chi connectivity index (χ0) is 11.3. The average molecular weight is 212 g/mol. The van der Waals surface area contributed by atoms with Gasteiger partial charge in [0.25, 0.3) is 0 Å². The lowest BCUT2D eigenvalue weighted by molar-refractivity contribution is -0.169. The molecule has 0 amide bonds. The molecule has 0 radical (unpaired) electrons. The molecule has 0 saturated heterocycles. The van der Waals surface area contributed by atoms with Crippen molar-refractivity contribution >= 4 is 11.9 Å². The number of rotatable bonds is 4. The molecule has 1 N–H and O–H groups in total. The summed E-state index contributed by atoms with van der Waals surface area (Å²) >= 11 is 0. The van der Waals surface area contributed by atoms with Crippen molar-refractivity contribution in [1.82, 2.24) is 0 Å². The van der Waals surface area contributed by atoms with Crippen LogP contribution >= 0.6 is 0 Å². The molecular weight excluding hydrogens is 196 g/mol. The molecule has 0 aromatic carbocycles. The second-order valence-electron chi connectivity index (χ2n) is 3.74. The number of aliphatic carboxylic acids is 1. The number of carboxylic acid groups (broad SMARTS) is 1. The largest absolute Gasteiger partial charge is 0.480 e. The Morgan fingerprint density at radius 1 is 1.47 bits per heavy atom. The second-order valence-corrected chi connectivity index (χ2v) is 3.74. The van der Waals surface area contributed by atoms with Gasteiger partial charge in [0, 0.05) is 0 Å². The average Bonchev–Trinajstić information content (AvgIpc) is 2.26. The zero-order valence-electron chi connectivity index (χ0n) is 8.86. The number of hydrogen-bond donors (Lipinski definition) is 1. The first-order chi connectivity index (χ1) is 7.13. The minimum atomic E-state index is -1.34. The van der Waals surface area contributed by atoms with Gasteiger partial charge in [-0.2, -0.15) is 0 Å². The van der Waals surface area contributed by atoms with Gasteiger partial charge in [-0.1, -0.05) is 19.1 Å². The molecule has 4 nitrogen and oxygen atoms in total. The highest BCUT2D eigenvalue weighted by Gasteiger charge is 2.47. The zero-order valence-corrected chi connectivity index (χ0v) is 8.86. The molecule has 0 aromatic rings. The summed E-state index contributed by atoms with van der Waals surface area (Å²) in [4.78, 5) is 22.8. The van der Waals surface area contributed by atoms with Gasteiger partial charge >= 0.3 is 11.9 Å². The summed E-state index contributed by atoms with van der Waals surface area (Å²) in [5, 5.41) is 9.12. The van der Waals surface area contributed by atoms with Crippen molar-refractivity contribution in [2.45, 2.75) is 32.6 Å². The first kappa shape index (κ1) is 11.8. The highest BCUT2D eigenvalue weighted by atomic mass is 16.5. The van der Waals surface area contributed by atoms with Crippen LogP contribution in [0.25, 0.3) is 0 Å². The molecule has 0 spiro atoms. The van der Waals surface area contributed by atoms with E-state index in [1.165, 1.54) is 0 Å². The van der Waals surface area contributed by atoms with E-state index in [1.807, 2.05) is 13.0 Å². The van der Waals surface area contributed by atoms with E-state index in [2.05, 4.69) is 0 Å². The van der Waals surface area contributed by atoms with Gasteiger partial charge in [-0.3, -0.25) is 9.59 Å². The first-order valence-corrected chi connectivity index (χ1v) is 5.19. The van der Waals surface area contributed by atoms with Crippen molar-refractivity contribution in [3.63, 3.8) is 0 Å². The van der Waals surface area contributed by atoms with Crippen molar-refractivity contribution in [1.29, 1.82) is 0 Å². The van der Waals surface area contributed by atoms with Gasteiger partial charge in [0.2, 0.25) is 0 Å². The standard InChI is InChI=1S/C11H16O4/c1-2-8-15-10(14)11(9(12)13)6-4-3-5-7-11/h3-4H,2,5-8H2,1H3,(H,12,13). The van der Waals surface area contributed by atoms with Gasteiger partial charge in [0.05, 0.1) is 6.61 Å². The quantitative estimate of drug-likeness (QED) is 0.438. The van der Waals surface area contributed by atoms with E-state index >= 15 is 0 Å². The molecule has 0 heterocycles. The molecule has 0 bridgehead atoms. The smallest absolute Gasteiger partial charge is 0.323 e. The minimum absolute atomic E-state index is 0.241. The number of carboxylic acids is 1. The topological polar surface area (TPSA) is 63.6 Å². The van der Waals surface area contributed by atoms with Crippen molar-refractivity contribution < 1.29 is 19.4 Å². The summed E-state index contributed by atoms with van der Waals surface area (Å²) in [6.45, 7) is 2.17. The number of hydrogen-bond acceptors (Lipinski definition) is 3. The number of ether oxygens (including phenoxy) is 1. The van der Waals surface area contributed by atoms with Crippen LogP contribution in [0.15, 0.2) is 12.2 Å². The van der Waals surface area contributed by atoms with E-state index in [4.69, 9.17) is 9.84 Å². The van der Waals surface area contributed by atoms with Crippen LogP contribution in [0, 0.1) is 5.41 Å². The third kappa shape index (κ3) is 2.37. The molecule has 1 aliphatic rings. The number of carbonyl (C=O) groups is 2. The van der Waals surface area contributed by atoms with Gasteiger partial charge in [0.15, 0.2) is 5.41 Å². The van der Waals surface area contributed by atoms with Crippen LogP contribution in [0.2, 0.25) is 0 Å². The summed E-state index contributed by atoms with van der Waals surface area (Å²) in [7, 11) is 0. The van der Waals surface area contributed by atoms with Crippen LogP contribution in [0.1, 0.15) is 32.6 Å². The molecule has 0 saturated carbocycles. The van der Waals surface area contributed by atoms with Crippen LogP contribution in [-0.2, 0) is 14.3 Å². The molecular formula is C11H16O4. The lowest BCUT2D eigenvalue weighted by Gasteiger charge is -2.27. The van der Waals surface area contributed by atoms with Gasteiger partial charge in [0.1, 0.15) is 0 Å². The Labute approximate surface area is 88.9 Å². The molecule has 1 aliphatic carbocycles. The lowest BCUT2D eigenvalue weighted by atomic mass is 9.77. The molecule has 4 heteroatoms. The summed E-state index contributed by atoms with van der Waals surface area (Å²) in [6, 6.07) is 0. The molecule has 0 aliphatic heterocycles. The van der Waals surface area contributed by atoms with Gasteiger partial charge in [-0.05, 0) is 25.7 Å². The van der Waals surface area contributed by atoms with Crippen LogP contribution in [-0.4, -0.2) is 23.7 Å². The van der Waals surface area contributed by atoms with Gasteiger partial charge in [-0.25, -0.2) is 0 Å². The SMILES string of the molecule is CCCOC(=O)C1(C(=O)O)CC=CCC1. The van der Waals surface area contributed by atoms with Gasteiger partial charge in [-0.15, -0.1) is 0 Å². The second kappa shape index (κ2) is 4.96. The first-order valence-electron chi connectivity index (χ1n) is 5.19. The fourth-order valence-corrected chi connectivity index (χ4v) is 1.63. The number of carbonyl (C=O) groups excluding carboxylic acids is 1. The molecule has 15 heavy (non-hydrogen) atoms. The van der Waals surface area contributed by atoms with E-state index in [0.717, 1.165) is 0 Å². The van der Waals surface area contributed by atoms with Crippen LogP contribution in [0.4, 0.5) is 0 Å². The maximum absolute atomic E-state index is 11.7. The lowest BCUT2D eigenvalue weighted by Crippen LogP contribution is -2.41. The maximum atomic E-state index is 11.7. The maximum Gasteiger partial charge on any atom is 0.323 e. The Morgan fingerprint density at radius 2 is 2.20 bits per heavy atom. The Hall–Kier alpha value is -1.32. The van der Waals surface area contributed by atoms with E-state index in [9.17, 15) is 9.59 Å². The molecule has 1 unspecified atom stereocenters. The molecule has 0 aromatic heterocycles. The minimum Gasteiger partial charge on any atom is -0.480 e. The molecule has 1 atom stereocenters. The summed E-state index contributed by atoms with van der Waals surface area (Å²) in [5.41, 5.74) is -1.34. The third-order valence-corrected chi connectivity index (χ3v) is 2.61. The third-order valence-electron chi connectivity index (χ3n) is 2.61. The van der Waals surface area contributed by atoms with Crippen LogP contribution in [0.5, 0.6) is 0 Å². The molecule has 0 fully saturated rings. The van der Waals surface area contributed by atoms with Crippen LogP contribution < -0.4 is 0 Å². The summed E-state index contributed by atoms with van der Waals surface area (Å²) in [5.74, 6) is -1.67. The highest BCUT2D eigenvalue weighted by molar-refractivity contribution is 5.99. The van der Waals surface area contributed by atoms with Gasteiger partial charge < -0.3 is 9.84 Å². The fraction of sp³-hybridized carbons (Fsp3) is 0.636. The highest BCUT2D eigenvalue weighted by Crippen LogP contribution is 2.34. The van der Waals surface area contributed by atoms with E-state index in [1.54, 1.807) is 6.08 Å². The summed E-state index contributed by atoms with van der Waals surface area (Å²) in [6.07, 6.45) is 5.54. The van der Waals surface area contributed by atoms with E-state index < -0.39 is 17.4 Å². The fourth-order valence-electron chi connectivity index (χ4n) is 1.63. The molecule has 1 rings (SSSR count).